The van der Waals surface area contributed by atoms with Crippen molar-refractivity contribution in [1.29, 1.82) is 5.26 Å². The molecule has 1 unspecified atom stereocenters. The Kier molecular flexibility index (Phi) is 4.20. The summed E-state index contributed by atoms with van der Waals surface area (Å²) in [6.45, 7) is 1.80. The van der Waals surface area contributed by atoms with Crippen molar-refractivity contribution in [2.24, 2.45) is 0 Å². The van der Waals surface area contributed by atoms with Gasteiger partial charge in [-0.2, -0.15) is 5.26 Å². The van der Waals surface area contributed by atoms with Crippen molar-refractivity contribution >= 4 is 38.0 Å². The van der Waals surface area contributed by atoms with Gasteiger partial charge in [0.2, 0.25) is 16.3 Å². The third kappa shape index (κ3) is 3.50. The van der Waals surface area contributed by atoms with Crippen LogP contribution in [0.4, 0.5) is 17.1 Å². The molecule has 1 atom stereocenters. The van der Waals surface area contributed by atoms with Crippen LogP contribution in [0.25, 0.3) is 10.9 Å². The van der Waals surface area contributed by atoms with E-state index in [0.717, 1.165) is 6.26 Å². The van der Waals surface area contributed by atoms with Crippen molar-refractivity contribution in [2.45, 2.75) is 13.2 Å². The van der Waals surface area contributed by atoms with Gasteiger partial charge in [0, 0.05) is 35.9 Å². The number of fused-ring (bicyclic) bond motifs is 2. The number of pyridine rings is 1. The van der Waals surface area contributed by atoms with Gasteiger partial charge in [0.05, 0.1) is 23.0 Å². The van der Waals surface area contributed by atoms with Gasteiger partial charge in [-0.1, -0.05) is 0 Å². The van der Waals surface area contributed by atoms with E-state index in [0.29, 0.717) is 45.0 Å². The molecule has 0 saturated carbocycles. The Bertz CT molecular complexity index is 1220. The van der Waals surface area contributed by atoms with Crippen molar-refractivity contribution < 1.29 is 17.9 Å². The third-order valence-electron chi connectivity index (χ3n) is 4.10. The number of aromatic nitrogens is 1. The van der Waals surface area contributed by atoms with Crippen LogP contribution in [0.1, 0.15) is 12.5 Å². The summed E-state index contributed by atoms with van der Waals surface area (Å²) in [6.07, 6.45) is 2.20. The van der Waals surface area contributed by atoms with Crippen LogP contribution >= 0.6 is 0 Å². The average molecular weight is 396 g/mol. The maximum Gasteiger partial charge on any atom is 0.238 e. The molecule has 0 fully saturated rings. The van der Waals surface area contributed by atoms with E-state index in [2.05, 4.69) is 21.1 Å². The first kappa shape index (κ1) is 17.9. The number of hydrogen-bond acceptors (Lipinski definition) is 7. The van der Waals surface area contributed by atoms with E-state index in [4.69, 9.17) is 9.47 Å². The molecule has 28 heavy (non-hydrogen) atoms. The molecular weight excluding hydrogens is 380 g/mol. The predicted molar refractivity (Wildman–Crippen MR) is 105 cm³/mol. The first-order chi connectivity index (χ1) is 13.3. The fraction of sp³-hybridized carbons (Fsp3) is 0.158. The summed E-state index contributed by atoms with van der Waals surface area (Å²) >= 11 is 0. The van der Waals surface area contributed by atoms with Gasteiger partial charge in [0.25, 0.3) is 0 Å². The SMILES string of the molecule is CC1Oc2cc3ncc(C#N)c(Nc4ccc(NS(C)(=O)=O)cc4)c3cc2O1. The Morgan fingerprint density at radius 3 is 2.39 bits per heavy atom. The summed E-state index contributed by atoms with van der Waals surface area (Å²) in [6, 6.07) is 12.4. The average Bonchev–Trinajstić information content (AvgIpc) is 2.99. The largest absolute Gasteiger partial charge is 0.451 e. The van der Waals surface area contributed by atoms with E-state index in [1.165, 1.54) is 6.20 Å². The maximum absolute atomic E-state index is 11.3. The molecule has 0 saturated heterocycles. The number of hydrogen-bond donors (Lipinski definition) is 2. The molecule has 8 nitrogen and oxygen atoms in total. The molecule has 0 spiro atoms. The number of nitrogens with zero attached hydrogens (tertiary/aromatic N) is 2. The van der Waals surface area contributed by atoms with Crippen LogP contribution in [0.15, 0.2) is 42.6 Å². The molecule has 2 aromatic carbocycles. The van der Waals surface area contributed by atoms with Crippen LogP contribution in [-0.4, -0.2) is 25.9 Å². The second kappa shape index (κ2) is 6.58. The van der Waals surface area contributed by atoms with Crippen molar-refractivity contribution in [1.82, 2.24) is 4.98 Å². The standard InChI is InChI=1S/C19H16N4O4S/c1-11-26-17-7-15-16(8-18(17)27-11)21-10-12(9-20)19(15)22-13-3-5-14(6-4-13)23-28(2,24)25/h3-8,10-11,23H,1-2H3,(H,21,22). The maximum atomic E-state index is 11.3. The van der Waals surface area contributed by atoms with Crippen LogP contribution in [0.2, 0.25) is 0 Å². The van der Waals surface area contributed by atoms with E-state index in [-0.39, 0.29) is 6.29 Å². The van der Waals surface area contributed by atoms with E-state index < -0.39 is 10.0 Å². The zero-order valence-electron chi connectivity index (χ0n) is 15.1. The normalized spacial score (nSPS) is 15.2. The smallest absolute Gasteiger partial charge is 0.238 e. The molecule has 142 valence electrons. The second-order valence-electron chi connectivity index (χ2n) is 6.35. The lowest BCUT2D eigenvalue weighted by Crippen LogP contribution is -2.11. The summed E-state index contributed by atoms with van der Waals surface area (Å²) in [5.74, 6) is 1.20. The molecule has 2 heterocycles. The van der Waals surface area contributed by atoms with Crippen molar-refractivity contribution in [3.05, 3.63) is 48.2 Å². The Morgan fingerprint density at radius 1 is 1.11 bits per heavy atom. The van der Waals surface area contributed by atoms with Gasteiger partial charge < -0.3 is 14.8 Å². The van der Waals surface area contributed by atoms with Gasteiger partial charge >= 0.3 is 0 Å². The molecule has 0 amide bonds. The zero-order chi connectivity index (χ0) is 19.9. The van der Waals surface area contributed by atoms with Crippen LogP contribution in [0, 0.1) is 11.3 Å². The third-order valence-corrected chi connectivity index (χ3v) is 4.70. The minimum atomic E-state index is -3.35. The van der Waals surface area contributed by atoms with Crippen LogP contribution < -0.4 is 19.5 Å². The number of nitrogens with one attached hydrogen (secondary N) is 2. The van der Waals surface area contributed by atoms with E-state index in [9.17, 15) is 13.7 Å². The Balaban J connectivity index is 1.73. The summed E-state index contributed by atoms with van der Waals surface area (Å²) in [5, 5.41) is 13.4. The summed E-state index contributed by atoms with van der Waals surface area (Å²) in [7, 11) is -3.35. The minimum Gasteiger partial charge on any atom is -0.451 e. The lowest BCUT2D eigenvalue weighted by Gasteiger charge is -2.13. The molecule has 9 heteroatoms. The van der Waals surface area contributed by atoms with Gasteiger partial charge in [-0.05, 0) is 30.3 Å². The highest BCUT2D eigenvalue weighted by Gasteiger charge is 2.22. The van der Waals surface area contributed by atoms with Crippen molar-refractivity contribution in [3.63, 3.8) is 0 Å². The molecular formula is C19H16N4O4S. The fourth-order valence-corrected chi connectivity index (χ4v) is 3.53. The van der Waals surface area contributed by atoms with E-state index in [1.54, 1.807) is 43.3 Å². The Labute approximate surface area is 161 Å². The van der Waals surface area contributed by atoms with Crippen molar-refractivity contribution in [3.8, 4) is 17.6 Å². The Morgan fingerprint density at radius 2 is 1.75 bits per heavy atom. The van der Waals surface area contributed by atoms with Gasteiger partial charge in [-0.25, -0.2) is 8.42 Å². The first-order valence-corrected chi connectivity index (χ1v) is 10.3. The van der Waals surface area contributed by atoms with Crippen molar-refractivity contribution in [2.75, 3.05) is 16.3 Å². The number of nitriles is 1. The van der Waals surface area contributed by atoms with Gasteiger partial charge in [-0.3, -0.25) is 9.71 Å². The molecule has 0 bridgehead atoms. The molecule has 0 aliphatic carbocycles. The topological polar surface area (TPSA) is 113 Å². The highest BCUT2D eigenvalue weighted by molar-refractivity contribution is 7.92. The zero-order valence-corrected chi connectivity index (χ0v) is 15.9. The van der Waals surface area contributed by atoms with Crippen LogP contribution in [0.5, 0.6) is 11.5 Å². The molecule has 2 N–H and O–H groups in total. The van der Waals surface area contributed by atoms with E-state index in [1.807, 2.05) is 0 Å². The van der Waals surface area contributed by atoms with Gasteiger partial charge in [0.1, 0.15) is 6.07 Å². The van der Waals surface area contributed by atoms with Crippen LogP contribution in [-0.2, 0) is 10.0 Å². The Hall–Kier alpha value is -3.51. The van der Waals surface area contributed by atoms with Gasteiger partial charge in [-0.15, -0.1) is 0 Å². The molecule has 3 aromatic rings. The number of rotatable bonds is 4. The lowest BCUT2D eigenvalue weighted by atomic mass is 10.1. The minimum absolute atomic E-state index is 0.373. The summed E-state index contributed by atoms with van der Waals surface area (Å²) in [4.78, 5) is 4.34. The lowest BCUT2D eigenvalue weighted by molar-refractivity contribution is 0.0679. The first-order valence-electron chi connectivity index (χ1n) is 8.37. The second-order valence-corrected chi connectivity index (χ2v) is 8.10. The quantitative estimate of drug-likeness (QED) is 0.695. The fourth-order valence-electron chi connectivity index (χ4n) is 2.97. The highest BCUT2D eigenvalue weighted by atomic mass is 32.2. The molecule has 0 radical (unpaired) electrons. The molecule has 1 aliphatic rings. The van der Waals surface area contributed by atoms with E-state index >= 15 is 0 Å². The number of anilines is 3. The van der Waals surface area contributed by atoms with Crippen LogP contribution in [0.3, 0.4) is 0 Å². The summed E-state index contributed by atoms with van der Waals surface area (Å²) in [5.41, 5.74) is 2.76. The van der Waals surface area contributed by atoms with Gasteiger partial charge in [0.15, 0.2) is 11.5 Å². The predicted octanol–water partition coefficient (Wildman–Crippen LogP) is 3.34. The number of ether oxygens (including phenoxy) is 2. The molecule has 1 aliphatic heterocycles. The monoisotopic (exact) mass is 396 g/mol. The molecule has 1 aromatic heterocycles. The summed E-state index contributed by atoms with van der Waals surface area (Å²) < 4.78 is 36.3. The number of sulfonamides is 1. The number of benzene rings is 2. The molecule has 4 rings (SSSR count). The highest BCUT2D eigenvalue weighted by Crippen LogP contribution is 2.41.